The van der Waals surface area contributed by atoms with Crippen LogP contribution in [0.4, 0.5) is 5.69 Å². The van der Waals surface area contributed by atoms with Crippen molar-refractivity contribution in [1.82, 2.24) is 25.9 Å². The van der Waals surface area contributed by atoms with Crippen LogP contribution < -0.4 is 10.0 Å². The average molecular weight is 497 g/mol. The van der Waals surface area contributed by atoms with Crippen molar-refractivity contribution in [3.63, 3.8) is 0 Å². The molecule has 174 valence electrons. The van der Waals surface area contributed by atoms with Crippen LogP contribution in [-0.4, -0.2) is 34.9 Å². The Morgan fingerprint density at radius 3 is 2.47 bits per heavy atom. The summed E-state index contributed by atoms with van der Waals surface area (Å²) in [6.07, 6.45) is 0. The first-order valence-corrected chi connectivity index (χ1v) is 12.1. The van der Waals surface area contributed by atoms with Crippen molar-refractivity contribution in [2.24, 2.45) is 0 Å². The summed E-state index contributed by atoms with van der Waals surface area (Å²) in [4.78, 5) is 12.5. The summed E-state index contributed by atoms with van der Waals surface area (Å²) < 4.78 is 28.6. The molecule has 0 spiro atoms. The van der Waals surface area contributed by atoms with Gasteiger partial charge in [0.1, 0.15) is 0 Å². The molecule has 0 radical (unpaired) electrons. The Morgan fingerprint density at radius 1 is 1.00 bits per heavy atom. The molecule has 34 heavy (non-hydrogen) atoms. The molecular formula is C23H21ClN6O3S. The number of aromatic nitrogens is 4. The molecule has 0 aliphatic heterocycles. The van der Waals surface area contributed by atoms with Crippen LogP contribution in [0.3, 0.4) is 0 Å². The molecule has 0 atom stereocenters. The number of nitrogens with one attached hydrogen (secondary N) is 3. The molecule has 0 aliphatic rings. The number of carbonyl (C=O) groups excluding carboxylic acids is 1. The minimum atomic E-state index is -3.80. The lowest BCUT2D eigenvalue weighted by atomic mass is 10.0. The molecule has 4 rings (SSSR count). The van der Waals surface area contributed by atoms with Gasteiger partial charge in [-0.05, 0) is 82.9 Å². The van der Waals surface area contributed by atoms with Crippen molar-refractivity contribution >= 4 is 33.2 Å². The van der Waals surface area contributed by atoms with Crippen LogP contribution in [0, 0.1) is 13.8 Å². The smallest absolute Gasteiger partial charge is 0.262 e. The van der Waals surface area contributed by atoms with Gasteiger partial charge < -0.3 is 5.32 Å². The van der Waals surface area contributed by atoms with Crippen LogP contribution in [0.5, 0.6) is 0 Å². The summed E-state index contributed by atoms with van der Waals surface area (Å²) in [5, 5.41) is 16.4. The summed E-state index contributed by atoms with van der Waals surface area (Å²) in [6, 6.07) is 17.2. The highest BCUT2D eigenvalue weighted by atomic mass is 35.5. The molecule has 1 heterocycles. The Balaban J connectivity index is 1.50. The number of H-pyrrole nitrogens is 1. The van der Waals surface area contributed by atoms with Crippen molar-refractivity contribution in [2.75, 3.05) is 4.72 Å². The van der Waals surface area contributed by atoms with E-state index in [1.165, 1.54) is 0 Å². The quantitative estimate of drug-likeness (QED) is 0.356. The Kier molecular flexibility index (Phi) is 6.62. The van der Waals surface area contributed by atoms with Crippen molar-refractivity contribution in [3.8, 4) is 11.1 Å². The zero-order chi connectivity index (χ0) is 24.3. The number of benzene rings is 3. The maximum absolute atomic E-state index is 13.0. The van der Waals surface area contributed by atoms with Gasteiger partial charge in [0, 0.05) is 16.3 Å². The molecule has 0 aliphatic carbocycles. The number of carbonyl (C=O) groups is 1. The van der Waals surface area contributed by atoms with E-state index < -0.39 is 10.0 Å². The number of halogens is 1. The second-order valence-electron chi connectivity index (χ2n) is 7.66. The number of tetrazole rings is 1. The fraction of sp³-hybridized carbons (Fsp3) is 0.130. The van der Waals surface area contributed by atoms with Gasteiger partial charge in [-0.2, -0.15) is 0 Å². The highest BCUT2D eigenvalue weighted by Crippen LogP contribution is 2.28. The maximum Gasteiger partial charge on any atom is 0.262 e. The summed E-state index contributed by atoms with van der Waals surface area (Å²) >= 11 is 6.11. The minimum Gasteiger partial charge on any atom is -0.345 e. The zero-order valence-corrected chi connectivity index (χ0v) is 19.9. The van der Waals surface area contributed by atoms with Crippen LogP contribution in [0.15, 0.2) is 65.6 Å². The molecule has 0 fully saturated rings. The third kappa shape index (κ3) is 5.24. The largest absolute Gasteiger partial charge is 0.345 e. The predicted octanol–water partition coefficient (Wildman–Crippen LogP) is 3.87. The molecule has 9 nitrogen and oxygen atoms in total. The topological polar surface area (TPSA) is 130 Å². The monoisotopic (exact) mass is 496 g/mol. The van der Waals surface area contributed by atoms with E-state index in [0.29, 0.717) is 33.2 Å². The maximum atomic E-state index is 13.0. The number of nitrogens with zero attached hydrogens (tertiary/aromatic N) is 3. The molecule has 1 aromatic heterocycles. The number of aryl methyl sites for hydroxylation is 2. The standard InChI is InChI=1S/C23H21ClN6O3S/c1-14-11-21(15(2)10-20(14)24)34(32,33)28-19-5-3-4-18(12-19)16-6-8-17(9-7-16)23(31)25-13-22-26-29-30-27-22/h3-12,28H,13H2,1-2H3,(H,25,31)(H,26,27,29,30). The lowest BCUT2D eigenvalue weighted by Crippen LogP contribution is -2.23. The highest BCUT2D eigenvalue weighted by molar-refractivity contribution is 7.92. The minimum absolute atomic E-state index is 0.177. The van der Waals surface area contributed by atoms with Gasteiger partial charge in [-0.25, -0.2) is 13.5 Å². The number of hydrogen-bond donors (Lipinski definition) is 3. The number of amides is 1. The van der Waals surface area contributed by atoms with E-state index in [1.54, 1.807) is 68.4 Å². The molecular weight excluding hydrogens is 476 g/mol. The van der Waals surface area contributed by atoms with Crippen LogP contribution in [-0.2, 0) is 16.6 Å². The first-order valence-electron chi connectivity index (χ1n) is 10.2. The van der Waals surface area contributed by atoms with Gasteiger partial charge in [0.05, 0.1) is 11.4 Å². The van der Waals surface area contributed by atoms with Gasteiger partial charge in [-0.3, -0.25) is 9.52 Å². The van der Waals surface area contributed by atoms with Gasteiger partial charge in [0.25, 0.3) is 15.9 Å². The third-order valence-corrected chi connectivity index (χ3v) is 7.08. The van der Waals surface area contributed by atoms with Gasteiger partial charge in [0.2, 0.25) is 0 Å². The summed E-state index contributed by atoms with van der Waals surface area (Å²) in [5.74, 6) is 0.186. The first-order chi connectivity index (χ1) is 16.2. The molecule has 0 unspecified atom stereocenters. The molecule has 3 aromatic carbocycles. The second-order valence-corrected chi connectivity index (χ2v) is 9.72. The number of anilines is 1. The molecule has 3 N–H and O–H groups in total. The third-order valence-electron chi connectivity index (χ3n) is 5.15. The number of sulfonamides is 1. The first kappa shape index (κ1) is 23.4. The molecule has 0 saturated heterocycles. The van der Waals surface area contributed by atoms with Crippen LogP contribution in [0.1, 0.15) is 27.3 Å². The van der Waals surface area contributed by atoms with E-state index in [0.717, 1.165) is 11.1 Å². The van der Waals surface area contributed by atoms with Gasteiger partial charge >= 0.3 is 0 Å². The summed E-state index contributed by atoms with van der Waals surface area (Å²) in [6.45, 7) is 3.65. The van der Waals surface area contributed by atoms with Crippen molar-refractivity contribution in [2.45, 2.75) is 25.3 Å². The predicted molar refractivity (Wildman–Crippen MR) is 129 cm³/mol. The van der Waals surface area contributed by atoms with E-state index in [9.17, 15) is 13.2 Å². The molecule has 11 heteroatoms. The summed E-state index contributed by atoms with van der Waals surface area (Å²) in [7, 11) is -3.80. The van der Waals surface area contributed by atoms with E-state index >= 15 is 0 Å². The zero-order valence-electron chi connectivity index (χ0n) is 18.3. The second kappa shape index (κ2) is 9.62. The van der Waals surface area contributed by atoms with E-state index in [-0.39, 0.29) is 17.3 Å². The van der Waals surface area contributed by atoms with E-state index in [4.69, 9.17) is 11.6 Å². The van der Waals surface area contributed by atoms with Gasteiger partial charge in [0.15, 0.2) is 5.82 Å². The fourth-order valence-corrected chi connectivity index (χ4v) is 4.93. The van der Waals surface area contributed by atoms with E-state index in [2.05, 4.69) is 30.7 Å². The Labute approximate surface area is 201 Å². The molecule has 1 amide bonds. The number of hydrogen-bond acceptors (Lipinski definition) is 6. The van der Waals surface area contributed by atoms with Crippen molar-refractivity contribution in [3.05, 3.63) is 88.2 Å². The van der Waals surface area contributed by atoms with Crippen LogP contribution >= 0.6 is 11.6 Å². The molecule has 0 bridgehead atoms. The van der Waals surface area contributed by atoms with Crippen molar-refractivity contribution < 1.29 is 13.2 Å². The Hall–Kier alpha value is -3.76. The average Bonchev–Trinajstić information content (AvgIpc) is 3.33. The normalized spacial score (nSPS) is 11.3. The lowest BCUT2D eigenvalue weighted by Gasteiger charge is -2.13. The fourth-order valence-electron chi connectivity index (χ4n) is 3.35. The lowest BCUT2D eigenvalue weighted by molar-refractivity contribution is 0.0950. The van der Waals surface area contributed by atoms with E-state index in [1.807, 2.05) is 6.07 Å². The number of aromatic amines is 1. The summed E-state index contributed by atoms with van der Waals surface area (Å²) in [5.41, 5.74) is 3.77. The number of rotatable bonds is 7. The SMILES string of the molecule is Cc1cc(S(=O)(=O)Nc2cccc(-c3ccc(C(=O)NCc4nnn[nH]4)cc3)c2)c(C)cc1Cl. The Bertz CT molecular complexity index is 1440. The van der Waals surface area contributed by atoms with Crippen LogP contribution in [0.2, 0.25) is 5.02 Å². The van der Waals surface area contributed by atoms with Gasteiger partial charge in [-0.1, -0.05) is 35.9 Å². The van der Waals surface area contributed by atoms with Crippen LogP contribution in [0.25, 0.3) is 11.1 Å². The highest BCUT2D eigenvalue weighted by Gasteiger charge is 2.19. The Morgan fingerprint density at radius 2 is 1.76 bits per heavy atom. The van der Waals surface area contributed by atoms with Crippen molar-refractivity contribution in [1.29, 1.82) is 0 Å². The van der Waals surface area contributed by atoms with Gasteiger partial charge in [-0.15, -0.1) is 5.10 Å². The molecule has 4 aromatic rings. The molecule has 0 saturated carbocycles.